The number of aromatic nitrogens is 1. The lowest BCUT2D eigenvalue weighted by atomic mass is 10.2. The number of nitrogens with zero attached hydrogens (tertiary/aromatic N) is 1. The zero-order chi connectivity index (χ0) is 15.4. The largest absolute Gasteiger partial charge is 0.478 e. The first kappa shape index (κ1) is 15.0. The summed E-state index contributed by atoms with van der Waals surface area (Å²) in [5.74, 6) is -2.43. The number of esters is 1. The lowest BCUT2D eigenvalue weighted by Crippen LogP contribution is -2.04. The van der Waals surface area contributed by atoms with Crippen LogP contribution in [0, 0.1) is 5.82 Å². The Labute approximate surface area is 122 Å². The van der Waals surface area contributed by atoms with Gasteiger partial charge >= 0.3 is 11.9 Å². The molecule has 0 saturated heterocycles. The fourth-order valence-electron chi connectivity index (χ4n) is 1.41. The van der Waals surface area contributed by atoms with Crippen LogP contribution in [0.2, 0.25) is 0 Å². The predicted octanol–water partition coefficient (Wildman–Crippen LogP) is 2.84. The Morgan fingerprint density at radius 1 is 1.48 bits per heavy atom. The number of hydrogen-bond acceptors (Lipinski definition) is 6. The number of oxazole rings is 1. The summed E-state index contributed by atoms with van der Waals surface area (Å²) in [5.41, 5.74) is -0.0924. The standard InChI is InChI=1S/C13H10FNO5S/c1-2-19-12(18)9-6-20-13(15-9)21-10-5-7(11(16)17)3-4-8(10)14/h3-6H,2H2,1H3,(H,16,17). The molecular formula is C13H10FNO5S. The van der Waals surface area contributed by atoms with Crippen molar-refractivity contribution in [3.8, 4) is 0 Å². The number of carboxylic acid groups (broad SMARTS) is 1. The highest BCUT2D eigenvalue weighted by Crippen LogP contribution is 2.30. The van der Waals surface area contributed by atoms with Crippen molar-refractivity contribution in [3.05, 3.63) is 41.5 Å². The van der Waals surface area contributed by atoms with Gasteiger partial charge in [-0.3, -0.25) is 0 Å². The van der Waals surface area contributed by atoms with E-state index in [4.69, 9.17) is 14.3 Å². The summed E-state index contributed by atoms with van der Waals surface area (Å²) < 4.78 is 23.4. The number of aromatic carboxylic acids is 1. The Morgan fingerprint density at radius 2 is 2.24 bits per heavy atom. The van der Waals surface area contributed by atoms with Crippen molar-refractivity contribution < 1.29 is 28.2 Å². The zero-order valence-corrected chi connectivity index (χ0v) is 11.6. The average molecular weight is 311 g/mol. The summed E-state index contributed by atoms with van der Waals surface area (Å²) in [7, 11) is 0. The fraction of sp³-hybridized carbons (Fsp3) is 0.154. The van der Waals surface area contributed by atoms with Gasteiger partial charge in [-0.15, -0.1) is 0 Å². The van der Waals surface area contributed by atoms with Crippen LogP contribution in [0.25, 0.3) is 0 Å². The van der Waals surface area contributed by atoms with E-state index in [1.54, 1.807) is 6.92 Å². The molecule has 21 heavy (non-hydrogen) atoms. The normalized spacial score (nSPS) is 10.4. The molecule has 0 atom stereocenters. The quantitative estimate of drug-likeness (QED) is 0.849. The maximum absolute atomic E-state index is 13.6. The Kier molecular flexibility index (Phi) is 4.59. The number of rotatable bonds is 5. The van der Waals surface area contributed by atoms with Crippen LogP contribution in [-0.4, -0.2) is 28.6 Å². The van der Waals surface area contributed by atoms with E-state index in [0.717, 1.165) is 36.2 Å². The van der Waals surface area contributed by atoms with E-state index >= 15 is 0 Å². The lowest BCUT2D eigenvalue weighted by Gasteiger charge is -2.01. The van der Waals surface area contributed by atoms with Crippen molar-refractivity contribution in [2.75, 3.05) is 6.61 Å². The molecule has 0 bridgehead atoms. The molecule has 1 heterocycles. The maximum Gasteiger partial charge on any atom is 0.360 e. The number of ether oxygens (including phenoxy) is 1. The van der Waals surface area contributed by atoms with Crippen LogP contribution in [-0.2, 0) is 4.74 Å². The van der Waals surface area contributed by atoms with E-state index in [0.29, 0.717) is 0 Å². The molecule has 8 heteroatoms. The number of carbonyl (C=O) groups excluding carboxylic acids is 1. The van der Waals surface area contributed by atoms with Gasteiger partial charge in [-0.1, -0.05) is 0 Å². The van der Waals surface area contributed by atoms with E-state index in [-0.39, 0.29) is 28.0 Å². The van der Waals surface area contributed by atoms with Crippen LogP contribution in [0.1, 0.15) is 27.8 Å². The third kappa shape index (κ3) is 3.60. The van der Waals surface area contributed by atoms with Gasteiger partial charge in [-0.2, -0.15) is 4.98 Å². The van der Waals surface area contributed by atoms with Crippen molar-refractivity contribution in [1.29, 1.82) is 0 Å². The van der Waals surface area contributed by atoms with Crippen LogP contribution in [0.4, 0.5) is 4.39 Å². The van der Waals surface area contributed by atoms with Gasteiger partial charge in [-0.05, 0) is 36.9 Å². The molecule has 0 radical (unpaired) electrons. The molecule has 0 aliphatic heterocycles. The zero-order valence-electron chi connectivity index (χ0n) is 10.8. The van der Waals surface area contributed by atoms with E-state index in [2.05, 4.69) is 4.98 Å². The molecule has 0 saturated carbocycles. The highest BCUT2D eigenvalue weighted by Gasteiger charge is 2.16. The Balaban J connectivity index is 2.20. The van der Waals surface area contributed by atoms with Crippen molar-refractivity contribution in [2.45, 2.75) is 17.0 Å². The summed E-state index contributed by atoms with van der Waals surface area (Å²) in [6.45, 7) is 1.85. The molecule has 0 spiro atoms. The number of halogens is 1. The van der Waals surface area contributed by atoms with Gasteiger partial charge in [0.25, 0.3) is 5.22 Å². The minimum atomic E-state index is -1.17. The predicted molar refractivity (Wildman–Crippen MR) is 69.9 cm³/mol. The Hall–Kier alpha value is -2.35. The van der Waals surface area contributed by atoms with Crippen LogP contribution in [0.15, 0.2) is 39.0 Å². The van der Waals surface area contributed by atoms with Gasteiger partial charge in [-0.25, -0.2) is 14.0 Å². The summed E-state index contributed by atoms with van der Waals surface area (Å²) in [6.07, 6.45) is 1.10. The van der Waals surface area contributed by atoms with Crippen LogP contribution in [0.5, 0.6) is 0 Å². The topological polar surface area (TPSA) is 89.6 Å². The molecular weight excluding hydrogens is 301 g/mol. The Morgan fingerprint density at radius 3 is 2.90 bits per heavy atom. The second-order valence-corrected chi connectivity index (χ2v) is 4.76. The minimum absolute atomic E-state index is 0.0134. The van der Waals surface area contributed by atoms with Crippen molar-refractivity contribution in [3.63, 3.8) is 0 Å². The van der Waals surface area contributed by atoms with Crippen LogP contribution >= 0.6 is 11.8 Å². The highest BCUT2D eigenvalue weighted by molar-refractivity contribution is 7.99. The molecule has 2 aromatic rings. The SMILES string of the molecule is CCOC(=O)c1coc(Sc2cc(C(=O)O)ccc2F)n1. The van der Waals surface area contributed by atoms with E-state index in [9.17, 15) is 14.0 Å². The molecule has 6 nitrogen and oxygen atoms in total. The number of benzene rings is 1. The highest BCUT2D eigenvalue weighted by atomic mass is 32.2. The summed E-state index contributed by atoms with van der Waals surface area (Å²) in [4.78, 5) is 26.1. The van der Waals surface area contributed by atoms with Gasteiger partial charge in [0.1, 0.15) is 12.1 Å². The molecule has 110 valence electrons. The second-order valence-electron chi connectivity index (χ2n) is 3.77. The monoisotopic (exact) mass is 311 g/mol. The van der Waals surface area contributed by atoms with E-state index < -0.39 is 17.8 Å². The van der Waals surface area contributed by atoms with Gasteiger partial charge in [0.15, 0.2) is 5.69 Å². The summed E-state index contributed by atoms with van der Waals surface area (Å²) >= 11 is 0.778. The first-order valence-corrected chi connectivity index (χ1v) is 6.66. The molecule has 0 unspecified atom stereocenters. The second kappa shape index (κ2) is 6.40. The van der Waals surface area contributed by atoms with Gasteiger partial charge in [0.05, 0.1) is 17.1 Å². The van der Waals surface area contributed by atoms with Crippen LogP contribution in [0.3, 0.4) is 0 Å². The molecule has 1 aromatic heterocycles. The summed E-state index contributed by atoms with van der Waals surface area (Å²) in [5, 5.41) is 8.88. The first-order valence-electron chi connectivity index (χ1n) is 5.84. The number of carbonyl (C=O) groups is 2. The average Bonchev–Trinajstić information content (AvgIpc) is 2.90. The number of carboxylic acids is 1. The van der Waals surface area contributed by atoms with Crippen molar-refractivity contribution >= 4 is 23.7 Å². The molecule has 1 N–H and O–H groups in total. The third-order valence-corrected chi connectivity index (χ3v) is 3.24. The maximum atomic E-state index is 13.6. The third-order valence-electron chi connectivity index (χ3n) is 2.34. The molecule has 0 aliphatic rings. The van der Waals surface area contributed by atoms with Crippen LogP contribution < -0.4 is 0 Å². The van der Waals surface area contributed by atoms with Crippen molar-refractivity contribution in [2.24, 2.45) is 0 Å². The van der Waals surface area contributed by atoms with Crippen molar-refractivity contribution in [1.82, 2.24) is 4.98 Å². The molecule has 1 aromatic carbocycles. The Bertz CT molecular complexity index is 685. The molecule has 2 rings (SSSR count). The smallest absolute Gasteiger partial charge is 0.360 e. The van der Waals surface area contributed by atoms with Gasteiger partial charge in [0.2, 0.25) is 0 Å². The summed E-state index contributed by atoms with van der Waals surface area (Å²) in [6, 6.07) is 3.36. The van der Waals surface area contributed by atoms with Gasteiger partial charge in [0, 0.05) is 0 Å². The molecule has 0 aliphatic carbocycles. The first-order chi connectivity index (χ1) is 10.0. The molecule has 0 fully saturated rings. The minimum Gasteiger partial charge on any atom is -0.478 e. The fourth-order valence-corrected chi connectivity index (χ4v) is 2.19. The van der Waals surface area contributed by atoms with E-state index in [1.165, 1.54) is 0 Å². The lowest BCUT2D eigenvalue weighted by molar-refractivity contribution is 0.0518. The molecule has 0 amide bonds. The van der Waals surface area contributed by atoms with Gasteiger partial charge < -0.3 is 14.3 Å². The number of hydrogen-bond donors (Lipinski definition) is 1. The van der Waals surface area contributed by atoms with E-state index in [1.807, 2.05) is 0 Å².